The first-order valence-electron chi connectivity index (χ1n) is 7.09. The Morgan fingerprint density at radius 1 is 1.24 bits per heavy atom. The number of rotatable bonds is 7. The third kappa shape index (κ3) is 4.69. The van der Waals surface area contributed by atoms with Crippen molar-refractivity contribution in [2.75, 3.05) is 7.11 Å². The largest absolute Gasteiger partial charge is 0.468 e. The number of nitrogens with one attached hydrogen (secondary N) is 1. The van der Waals surface area contributed by atoms with Crippen LogP contribution in [0.15, 0.2) is 47.8 Å². The van der Waals surface area contributed by atoms with Crippen LogP contribution >= 0.6 is 11.3 Å². The molecule has 1 N–H and O–H groups in total. The highest BCUT2D eigenvalue weighted by molar-refractivity contribution is 7.09. The van der Waals surface area contributed by atoms with E-state index in [4.69, 9.17) is 4.74 Å². The van der Waals surface area contributed by atoms with Crippen molar-refractivity contribution in [1.29, 1.82) is 0 Å². The van der Waals surface area contributed by atoms with E-state index < -0.39 is 0 Å². The molecule has 4 heteroatoms. The Morgan fingerprint density at radius 2 is 2.00 bits per heavy atom. The molecule has 112 valence electrons. The van der Waals surface area contributed by atoms with Crippen LogP contribution in [0.25, 0.3) is 0 Å². The van der Waals surface area contributed by atoms with E-state index in [9.17, 15) is 4.79 Å². The fourth-order valence-corrected chi connectivity index (χ4v) is 2.97. The summed E-state index contributed by atoms with van der Waals surface area (Å²) in [6, 6.07) is 14.0. The molecule has 2 aromatic rings. The average Bonchev–Trinajstić information content (AvgIpc) is 3.04. The number of esters is 1. The molecule has 3 nitrogen and oxygen atoms in total. The van der Waals surface area contributed by atoms with Gasteiger partial charge in [0.15, 0.2) is 0 Å². The molecule has 0 spiro atoms. The molecule has 0 aliphatic heterocycles. The van der Waals surface area contributed by atoms with Crippen LogP contribution in [0.3, 0.4) is 0 Å². The van der Waals surface area contributed by atoms with Crippen LogP contribution in [0, 0.1) is 0 Å². The van der Waals surface area contributed by atoms with Gasteiger partial charge >= 0.3 is 5.97 Å². The van der Waals surface area contributed by atoms with Crippen LogP contribution in [-0.4, -0.2) is 19.1 Å². The number of hydrogen-bond acceptors (Lipinski definition) is 4. The molecular weight excluding hydrogens is 282 g/mol. The fourth-order valence-electron chi connectivity index (χ4n) is 2.31. The lowest BCUT2D eigenvalue weighted by Gasteiger charge is -2.20. The first-order chi connectivity index (χ1) is 10.2. The number of thiophene rings is 1. The normalized spacial score (nSPS) is 13.6. The SMILES string of the molecule is COC(=O)C(CC(C)c1ccccc1)NCc1cccs1. The van der Waals surface area contributed by atoms with Gasteiger partial charge in [0.25, 0.3) is 0 Å². The molecular formula is C17H21NO2S. The van der Waals surface area contributed by atoms with Crippen molar-refractivity contribution in [3.8, 4) is 0 Å². The summed E-state index contributed by atoms with van der Waals surface area (Å²) in [4.78, 5) is 13.2. The predicted octanol–water partition coefficient (Wildman–Crippen LogP) is 3.57. The lowest BCUT2D eigenvalue weighted by atomic mass is 9.94. The summed E-state index contributed by atoms with van der Waals surface area (Å²) >= 11 is 1.68. The number of ether oxygens (including phenoxy) is 1. The van der Waals surface area contributed by atoms with Crippen LogP contribution in [0.5, 0.6) is 0 Å². The van der Waals surface area contributed by atoms with Gasteiger partial charge in [-0.05, 0) is 29.3 Å². The van der Waals surface area contributed by atoms with Gasteiger partial charge in [-0.25, -0.2) is 0 Å². The summed E-state index contributed by atoms with van der Waals surface area (Å²) in [6.45, 7) is 2.83. The maximum Gasteiger partial charge on any atom is 0.322 e. The maximum absolute atomic E-state index is 12.0. The summed E-state index contributed by atoms with van der Waals surface area (Å²) in [6.07, 6.45) is 0.724. The van der Waals surface area contributed by atoms with Crippen molar-refractivity contribution < 1.29 is 9.53 Å². The Kier molecular flexibility index (Phi) is 5.96. The van der Waals surface area contributed by atoms with Gasteiger partial charge in [-0.3, -0.25) is 10.1 Å². The molecule has 0 fully saturated rings. The monoisotopic (exact) mass is 303 g/mol. The highest BCUT2D eigenvalue weighted by atomic mass is 32.1. The first-order valence-corrected chi connectivity index (χ1v) is 7.97. The summed E-state index contributed by atoms with van der Waals surface area (Å²) in [5, 5.41) is 5.35. The molecule has 0 saturated carbocycles. The van der Waals surface area contributed by atoms with Gasteiger partial charge in [0.2, 0.25) is 0 Å². The summed E-state index contributed by atoms with van der Waals surface area (Å²) in [5.41, 5.74) is 1.24. The van der Waals surface area contributed by atoms with Crippen molar-refractivity contribution in [2.24, 2.45) is 0 Å². The van der Waals surface area contributed by atoms with E-state index in [1.807, 2.05) is 29.6 Å². The fraction of sp³-hybridized carbons (Fsp3) is 0.353. The minimum atomic E-state index is -0.285. The van der Waals surface area contributed by atoms with E-state index in [0.717, 1.165) is 6.42 Å². The predicted molar refractivity (Wildman–Crippen MR) is 86.4 cm³/mol. The number of carbonyl (C=O) groups excluding carboxylic acids is 1. The molecule has 0 bridgehead atoms. The molecule has 21 heavy (non-hydrogen) atoms. The van der Waals surface area contributed by atoms with Gasteiger partial charge in [-0.1, -0.05) is 43.3 Å². The van der Waals surface area contributed by atoms with Crippen LogP contribution in [0.2, 0.25) is 0 Å². The zero-order valence-corrected chi connectivity index (χ0v) is 13.2. The highest BCUT2D eigenvalue weighted by Crippen LogP contribution is 2.21. The Bertz CT molecular complexity index is 539. The topological polar surface area (TPSA) is 38.3 Å². The molecule has 0 saturated heterocycles. The number of carbonyl (C=O) groups is 1. The molecule has 2 rings (SSSR count). The summed E-state index contributed by atoms with van der Waals surface area (Å²) in [7, 11) is 1.44. The van der Waals surface area contributed by atoms with Crippen LogP contribution in [-0.2, 0) is 16.1 Å². The second-order valence-electron chi connectivity index (χ2n) is 5.08. The van der Waals surface area contributed by atoms with Crippen molar-refractivity contribution in [3.05, 3.63) is 58.3 Å². The van der Waals surface area contributed by atoms with E-state index in [1.54, 1.807) is 11.3 Å². The van der Waals surface area contributed by atoms with Crippen molar-refractivity contribution >= 4 is 17.3 Å². The summed E-state index contributed by atoms with van der Waals surface area (Å²) < 4.78 is 4.92. The minimum absolute atomic E-state index is 0.200. The van der Waals surface area contributed by atoms with Gasteiger partial charge in [0.1, 0.15) is 6.04 Å². The lowest BCUT2D eigenvalue weighted by molar-refractivity contribution is -0.143. The molecule has 2 atom stereocenters. The molecule has 0 radical (unpaired) electrons. The zero-order valence-electron chi connectivity index (χ0n) is 12.4. The molecule has 1 aromatic heterocycles. The Hall–Kier alpha value is -1.65. The smallest absolute Gasteiger partial charge is 0.322 e. The molecule has 0 aliphatic carbocycles. The lowest BCUT2D eigenvalue weighted by Crippen LogP contribution is -2.38. The van der Waals surface area contributed by atoms with Gasteiger partial charge in [0, 0.05) is 11.4 Å². The van der Waals surface area contributed by atoms with E-state index >= 15 is 0 Å². The number of hydrogen-bond donors (Lipinski definition) is 1. The molecule has 1 aromatic carbocycles. The van der Waals surface area contributed by atoms with Crippen LogP contribution in [0.1, 0.15) is 29.7 Å². The number of methoxy groups -OCH3 is 1. The second-order valence-corrected chi connectivity index (χ2v) is 6.12. The van der Waals surface area contributed by atoms with Gasteiger partial charge in [-0.2, -0.15) is 0 Å². The number of benzene rings is 1. The third-order valence-electron chi connectivity index (χ3n) is 3.55. The van der Waals surface area contributed by atoms with Crippen molar-refractivity contribution in [3.63, 3.8) is 0 Å². The quantitative estimate of drug-likeness (QED) is 0.795. The minimum Gasteiger partial charge on any atom is -0.468 e. The standard InChI is InChI=1S/C17H21NO2S/c1-13(14-7-4-3-5-8-14)11-16(17(19)20-2)18-12-15-9-6-10-21-15/h3-10,13,16,18H,11-12H2,1-2H3. The van der Waals surface area contributed by atoms with Crippen molar-refractivity contribution in [2.45, 2.75) is 31.8 Å². The van der Waals surface area contributed by atoms with Gasteiger partial charge in [-0.15, -0.1) is 11.3 Å². The molecule has 0 amide bonds. The van der Waals surface area contributed by atoms with Gasteiger partial charge in [0.05, 0.1) is 7.11 Å². The van der Waals surface area contributed by atoms with E-state index in [-0.39, 0.29) is 12.0 Å². The van der Waals surface area contributed by atoms with E-state index in [2.05, 4.69) is 30.4 Å². The summed E-state index contributed by atoms with van der Waals surface area (Å²) in [5.74, 6) is 0.0977. The van der Waals surface area contributed by atoms with Gasteiger partial charge < -0.3 is 4.74 Å². The first kappa shape index (κ1) is 15.7. The molecule has 0 aliphatic rings. The Morgan fingerprint density at radius 3 is 2.62 bits per heavy atom. The third-order valence-corrected chi connectivity index (χ3v) is 4.42. The van der Waals surface area contributed by atoms with Crippen molar-refractivity contribution in [1.82, 2.24) is 5.32 Å². The molecule has 2 unspecified atom stereocenters. The maximum atomic E-state index is 12.0. The van der Waals surface area contributed by atoms with Crippen LogP contribution < -0.4 is 5.32 Å². The average molecular weight is 303 g/mol. The van der Waals surface area contributed by atoms with E-state index in [0.29, 0.717) is 12.5 Å². The van der Waals surface area contributed by atoms with E-state index in [1.165, 1.54) is 17.6 Å². The highest BCUT2D eigenvalue weighted by Gasteiger charge is 2.22. The van der Waals surface area contributed by atoms with Crippen LogP contribution in [0.4, 0.5) is 0 Å². The Balaban J connectivity index is 1.97. The Labute approximate surface area is 130 Å². The second kappa shape index (κ2) is 7.96. The molecule has 1 heterocycles. The zero-order chi connectivity index (χ0) is 15.1.